The first kappa shape index (κ1) is 8.13. The topological polar surface area (TPSA) is 45.0 Å². The molecule has 0 saturated carbocycles. The predicted octanol–water partition coefficient (Wildman–Crippen LogP) is 1.31. The third-order valence-corrected chi connectivity index (χ3v) is 2.88. The first-order valence-corrected chi connectivity index (χ1v) is 4.90. The van der Waals surface area contributed by atoms with Crippen LogP contribution in [0.15, 0.2) is 16.9 Å². The van der Waals surface area contributed by atoms with E-state index in [-0.39, 0.29) is 0 Å². The third kappa shape index (κ3) is 1.36. The minimum absolute atomic E-state index is 0.340. The van der Waals surface area contributed by atoms with E-state index < -0.39 is 0 Å². The van der Waals surface area contributed by atoms with Crippen molar-refractivity contribution >= 4 is 21.6 Å². The zero-order valence-corrected chi connectivity index (χ0v) is 8.34. The highest BCUT2D eigenvalue weighted by Gasteiger charge is 2.20. The first-order valence-electron chi connectivity index (χ1n) is 4.11. The van der Waals surface area contributed by atoms with Gasteiger partial charge in [-0.3, -0.25) is 0 Å². The first-order chi connectivity index (χ1) is 5.77. The van der Waals surface area contributed by atoms with Crippen molar-refractivity contribution in [2.45, 2.75) is 12.5 Å². The maximum atomic E-state index is 5.81. The van der Waals surface area contributed by atoms with Gasteiger partial charge in [0.25, 0.3) is 0 Å². The number of nitrogens with zero attached hydrogens (tertiary/aromatic N) is 1. The smallest absolute Gasteiger partial charge is 0.106 e. The Morgan fingerprint density at radius 1 is 1.67 bits per heavy atom. The summed E-state index contributed by atoms with van der Waals surface area (Å²) in [5.41, 5.74) is 7.04. The number of aromatic amines is 1. The minimum Gasteiger partial charge on any atom is -0.368 e. The number of anilines is 1. The van der Waals surface area contributed by atoms with Crippen LogP contribution < -0.4 is 10.6 Å². The monoisotopic (exact) mass is 229 g/mol. The van der Waals surface area contributed by atoms with Crippen molar-refractivity contribution in [2.24, 2.45) is 5.73 Å². The van der Waals surface area contributed by atoms with Crippen LogP contribution in [0.4, 0.5) is 5.69 Å². The molecule has 0 aromatic carbocycles. The maximum absolute atomic E-state index is 5.81. The summed E-state index contributed by atoms with van der Waals surface area (Å²) in [7, 11) is 0. The molecule has 1 aliphatic heterocycles. The van der Waals surface area contributed by atoms with Crippen LogP contribution in [0.1, 0.15) is 6.42 Å². The Balaban J connectivity index is 2.16. The number of aromatic nitrogens is 1. The van der Waals surface area contributed by atoms with Crippen LogP contribution in [0.5, 0.6) is 0 Å². The van der Waals surface area contributed by atoms with E-state index in [1.807, 2.05) is 6.20 Å². The molecule has 1 aromatic rings. The number of hydrogen-bond donors (Lipinski definition) is 2. The van der Waals surface area contributed by atoms with Gasteiger partial charge >= 0.3 is 0 Å². The van der Waals surface area contributed by atoms with Gasteiger partial charge in [-0.1, -0.05) is 0 Å². The summed E-state index contributed by atoms with van der Waals surface area (Å²) in [5.74, 6) is 0. The number of nitrogens with one attached hydrogen (secondary N) is 1. The van der Waals surface area contributed by atoms with Gasteiger partial charge in [-0.25, -0.2) is 0 Å². The summed E-state index contributed by atoms with van der Waals surface area (Å²) in [6.45, 7) is 2.04. The molecule has 0 bridgehead atoms. The number of hydrogen-bond acceptors (Lipinski definition) is 2. The standard InChI is InChI=1S/C8H12BrN3/c9-8-7(1-3-11-8)12-4-2-6(10)5-12/h1,3,6,11H,2,4-5,10H2. The summed E-state index contributed by atoms with van der Waals surface area (Å²) in [6, 6.07) is 2.41. The Bertz CT molecular complexity index is 271. The average Bonchev–Trinajstić information content (AvgIpc) is 2.58. The number of halogens is 1. The van der Waals surface area contributed by atoms with Gasteiger partial charge in [-0.2, -0.15) is 0 Å². The Hall–Kier alpha value is -0.480. The van der Waals surface area contributed by atoms with E-state index >= 15 is 0 Å². The van der Waals surface area contributed by atoms with Crippen LogP contribution in [0.3, 0.4) is 0 Å². The molecular weight excluding hydrogens is 218 g/mol. The molecule has 1 saturated heterocycles. The molecule has 1 aliphatic rings. The third-order valence-electron chi connectivity index (χ3n) is 2.24. The lowest BCUT2D eigenvalue weighted by Gasteiger charge is -2.16. The lowest BCUT2D eigenvalue weighted by molar-refractivity contribution is 0.752. The Morgan fingerprint density at radius 2 is 2.50 bits per heavy atom. The van der Waals surface area contributed by atoms with E-state index in [4.69, 9.17) is 5.73 Å². The number of nitrogens with two attached hydrogens (primary N) is 1. The summed E-state index contributed by atoms with van der Waals surface area (Å²) in [5, 5.41) is 0. The van der Waals surface area contributed by atoms with Crippen LogP contribution in [0.25, 0.3) is 0 Å². The molecule has 12 heavy (non-hydrogen) atoms. The lowest BCUT2D eigenvalue weighted by Crippen LogP contribution is -2.26. The van der Waals surface area contributed by atoms with Crippen LogP contribution >= 0.6 is 15.9 Å². The summed E-state index contributed by atoms with van der Waals surface area (Å²) >= 11 is 3.46. The largest absolute Gasteiger partial charge is 0.368 e. The van der Waals surface area contributed by atoms with Crippen molar-refractivity contribution in [1.29, 1.82) is 0 Å². The van der Waals surface area contributed by atoms with Gasteiger partial charge in [0.05, 0.1) is 5.69 Å². The van der Waals surface area contributed by atoms with Crippen LogP contribution in [0, 0.1) is 0 Å². The second-order valence-electron chi connectivity index (χ2n) is 3.17. The van der Waals surface area contributed by atoms with E-state index in [2.05, 4.69) is 31.9 Å². The van der Waals surface area contributed by atoms with Crippen molar-refractivity contribution in [3.8, 4) is 0 Å². The Kier molecular flexibility index (Phi) is 2.11. The highest BCUT2D eigenvalue weighted by molar-refractivity contribution is 9.10. The molecule has 2 heterocycles. The summed E-state index contributed by atoms with van der Waals surface area (Å²) in [6.07, 6.45) is 3.03. The highest BCUT2D eigenvalue weighted by Crippen LogP contribution is 2.27. The second-order valence-corrected chi connectivity index (χ2v) is 3.96. The molecular formula is C8H12BrN3. The van der Waals surface area contributed by atoms with E-state index in [9.17, 15) is 0 Å². The fraction of sp³-hybridized carbons (Fsp3) is 0.500. The van der Waals surface area contributed by atoms with Gasteiger partial charge < -0.3 is 15.6 Å². The zero-order valence-electron chi connectivity index (χ0n) is 6.76. The van der Waals surface area contributed by atoms with E-state index in [1.54, 1.807) is 0 Å². The molecule has 0 aliphatic carbocycles. The Morgan fingerprint density at radius 3 is 3.00 bits per heavy atom. The van der Waals surface area contributed by atoms with Crippen molar-refractivity contribution in [1.82, 2.24) is 4.98 Å². The lowest BCUT2D eigenvalue weighted by atomic mass is 10.3. The Labute approximate surface area is 80.1 Å². The van der Waals surface area contributed by atoms with Gasteiger partial charge in [-0.05, 0) is 28.4 Å². The minimum atomic E-state index is 0.340. The molecule has 3 N–H and O–H groups in total. The van der Waals surface area contributed by atoms with Crippen LogP contribution in [-0.4, -0.2) is 24.1 Å². The second kappa shape index (κ2) is 3.11. The molecule has 0 spiro atoms. The number of rotatable bonds is 1. The molecule has 66 valence electrons. The van der Waals surface area contributed by atoms with E-state index in [1.165, 1.54) is 5.69 Å². The van der Waals surface area contributed by atoms with Gasteiger partial charge in [0.1, 0.15) is 4.60 Å². The molecule has 0 amide bonds. The van der Waals surface area contributed by atoms with Gasteiger partial charge in [0, 0.05) is 25.3 Å². The predicted molar refractivity (Wildman–Crippen MR) is 53.3 cm³/mol. The summed E-state index contributed by atoms with van der Waals surface area (Å²) in [4.78, 5) is 5.39. The summed E-state index contributed by atoms with van der Waals surface area (Å²) < 4.78 is 1.05. The van der Waals surface area contributed by atoms with Gasteiger partial charge in [0.15, 0.2) is 0 Å². The maximum Gasteiger partial charge on any atom is 0.106 e. The quantitative estimate of drug-likeness (QED) is 0.764. The molecule has 3 nitrogen and oxygen atoms in total. The van der Waals surface area contributed by atoms with E-state index in [0.29, 0.717) is 6.04 Å². The highest BCUT2D eigenvalue weighted by atomic mass is 79.9. The molecule has 1 aromatic heterocycles. The molecule has 1 fully saturated rings. The van der Waals surface area contributed by atoms with Crippen LogP contribution in [-0.2, 0) is 0 Å². The fourth-order valence-corrected chi connectivity index (χ4v) is 2.11. The van der Waals surface area contributed by atoms with Crippen molar-refractivity contribution in [2.75, 3.05) is 18.0 Å². The van der Waals surface area contributed by atoms with Crippen LogP contribution in [0.2, 0.25) is 0 Å². The van der Waals surface area contributed by atoms with Crippen molar-refractivity contribution in [3.05, 3.63) is 16.9 Å². The van der Waals surface area contributed by atoms with Gasteiger partial charge in [0.2, 0.25) is 0 Å². The molecule has 4 heteroatoms. The van der Waals surface area contributed by atoms with Crippen molar-refractivity contribution in [3.63, 3.8) is 0 Å². The van der Waals surface area contributed by atoms with Crippen molar-refractivity contribution < 1.29 is 0 Å². The SMILES string of the molecule is NC1CCN(c2cc[nH]c2Br)C1. The molecule has 1 unspecified atom stereocenters. The van der Waals surface area contributed by atoms with Gasteiger partial charge in [-0.15, -0.1) is 0 Å². The number of H-pyrrole nitrogens is 1. The molecule has 0 radical (unpaired) electrons. The normalized spacial score (nSPS) is 23.5. The zero-order chi connectivity index (χ0) is 8.55. The fourth-order valence-electron chi connectivity index (χ4n) is 1.59. The average molecular weight is 230 g/mol. The van der Waals surface area contributed by atoms with E-state index in [0.717, 1.165) is 24.1 Å². The molecule has 1 atom stereocenters. The molecule has 2 rings (SSSR count).